The molecule has 2 heterocycles. The summed E-state index contributed by atoms with van der Waals surface area (Å²) in [5, 5.41) is 3.17. The Kier molecular flexibility index (Phi) is 5.37. The zero-order valence-electron chi connectivity index (χ0n) is 13.0. The van der Waals surface area contributed by atoms with E-state index < -0.39 is 6.61 Å². The van der Waals surface area contributed by atoms with E-state index in [9.17, 15) is 8.78 Å². The number of rotatable bonds is 6. The van der Waals surface area contributed by atoms with E-state index in [0.29, 0.717) is 25.6 Å². The Bertz CT molecular complexity index is 666. The van der Waals surface area contributed by atoms with Crippen molar-refractivity contribution in [1.29, 1.82) is 0 Å². The molecule has 1 aliphatic rings. The summed E-state index contributed by atoms with van der Waals surface area (Å²) >= 11 is 0. The molecule has 0 atom stereocenters. The maximum absolute atomic E-state index is 12.3. The van der Waals surface area contributed by atoms with Crippen LogP contribution in [0.4, 0.5) is 20.4 Å². The van der Waals surface area contributed by atoms with Crippen LogP contribution < -0.4 is 15.0 Å². The first-order chi connectivity index (χ1) is 11.7. The van der Waals surface area contributed by atoms with Crippen LogP contribution in [0.5, 0.6) is 5.75 Å². The number of hydrogen-bond acceptors (Lipinski definition) is 6. The third-order valence-corrected chi connectivity index (χ3v) is 3.58. The summed E-state index contributed by atoms with van der Waals surface area (Å²) in [6.45, 7) is 0.575. The monoisotopic (exact) mass is 336 g/mol. The van der Waals surface area contributed by atoms with E-state index in [1.165, 1.54) is 12.4 Å². The second kappa shape index (κ2) is 7.87. The van der Waals surface area contributed by atoms with Gasteiger partial charge in [0, 0.05) is 25.7 Å². The van der Waals surface area contributed by atoms with E-state index in [-0.39, 0.29) is 5.75 Å². The smallest absolute Gasteiger partial charge is 0.387 e. The van der Waals surface area contributed by atoms with Crippen LogP contribution in [0.3, 0.4) is 0 Å². The van der Waals surface area contributed by atoms with Crippen LogP contribution in [-0.4, -0.2) is 42.9 Å². The summed E-state index contributed by atoms with van der Waals surface area (Å²) in [6.07, 6.45) is 1.50. The first-order valence-electron chi connectivity index (χ1n) is 7.63. The van der Waals surface area contributed by atoms with Crippen molar-refractivity contribution in [1.82, 2.24) is 9.97 Å². The predicted molar refractivity (Wildman–Crippen MR) is 85.5 cm³/mol. The Hall–Kier alpha value is -2.48. The highest BCUT2D eigenvalue weighted by Gasteiger charge is 2.13. The summed E-state index contributed by atoms with van der Waals surface area (Å²) in [5.74, 6) is 1.65. The predicted octanol–water partition coefficient (Wildman–Crippen LogP) is 2.53. The standard InChI is InChI=1S/C16H18F2N4O2/c17-16(18)24-13-3-1-2-12(8-13)10-19-14-9-15(21-11-20-14)22-4-6-23-7-5-22/h1-3,8-9,11,16H,4-7,10H2,(H,19,20,21). The fourth-order valence-corrected chi connectivity index (χ4v) is 2.43. The summed E-state index contributed by atoms with van der Waals surface area (Å²) in [6, 6.07) is 8.44. The fraction of sp³-hybridized carbons (Fsp3) is 0.375. The second-order valence-corrected chi connectivity index (χ2v) is 5.24. The number of nitrogens with one attached hydrogen (secondary N) is 1. The molecule has 0 unspecified atom stereocenters. The molecule has 0 aliphatic carbocycles. The highest BCUT2D eigenvalue weighted by atomic mass is 19.3. The number of nitrogens with zero attached hydrogens (tertiary/aromatic N) is 3. The Morgan fingerprint density at radius 3 is 2.83 bits per heavy atom. The number of hydrogen-bond donors (Lipinski definition) is 1. The molecule has 3 rings (SSSR count). The van der Waals surface area contributed by atoms with Gasteiger partial charge in [0.1, 0.15) is 23.7 Å². The third kappa shape index (κ3) is 4.51. The minimum atomic E-state index is -2.83. The first kappa shape index (κ1) is 16.4. The maximum atomic E-state index is 12.3. The van der Waals surface area contributed by atoms with Gasteiger partial charge in [0.05, 0.1) is 13.2 Å². The molecule has 1 aliphatic heterocycles. The number of anilines is 2. The van der Waals surface area contributed by atoms with Gasteiger partial charge in [-0.05, 0) is 17.7 Å². The van der Waals surface area contributed by atoms with Gasteiger partial charge in [-0.25, -0.2) is 9.97 Å². The summed E-state index contributed by atoms with van der Waals surface area (Å²) in [4.78, 5) is 10.6. The minimum absolute atomic E-state index is 0.140. The van der Waals surface area contributed by atoms with E-state index >= 15 is 0 Å². The minimum Gasteiger partial charge on any atom is -0.435 e. The summed E-state index contributed by atoms with van der Waals surface area (Å²) < 4.78 is 34.2. The van der Waals surface area contributed by atoms with Crippen LogP contribution in [0.2, 0.25) is 0 Å². The van der Waals surface area contributed by atoms with Crippen molar-refractivity contribution < 1.29 is 18.3 Å². The van der Waals surface area contributed by atoms with Crippen molar-refractivity contribution >= 4 is 11.6 Å². The maximum Gasteiger partial charge on any atom is 0.387 e. The van der Waals surface area contributed by atoms with Gasteiger partial charge in [0.15, 0.2) is 0 Å². The molecule has 0 amide bonds. The first-order valence-corrected chi connectivity index (χ1v) is 7.63. The Balaban J connectivity index is 1.62. The highest BCUT2D eigenvalue weighted by molar-refractivity contribution is 5.49. The molecule has 0 saturated carbocycles. The average molecular weight is 336 g/mol. The van der Waals surface area contributed by atoms with Crippen molar-refractivity contribution in [2.45, 2.75) is 13.2 Å². The van der Waals surface area contributed by atoms with Crippen molar-refractivity contribution in [3.05, 3.63) is 42.2 Å². The lowest BCUT2D eigenvalue weighted by Gasteiger charge is -2.27. The fourth-order valence-electron chi connectivity index (χ4n) is 2.43. The molecule has 1 aromatic heterocycles. The van der Waals surface area contributed by atoms with Crippen LogP contribution in [0.25, 0.3) is 0 Å². The summed E-state index contributed by atoms with van der Waals surface area (Å²) in [7, 11) is 0. The van der Waals surface area contributed by atoms with Crippen molar-refractivity contribution in [2.24, 2.45) is 0 Å². The highest BCUT2D eigenvalue weighted by Crippen LogP contribution is 2.18. The molecule has 6 nitrogen and oxygen atoms in total. The van der Waals surface area contributed by atoms with Crippen LogP contribution >= 0.6 is 0 Å². The molecule has 1 aromatic carbocycles. The Morgan fingerprint density at radius 1 is 1.21 bits per heavy atom. The van der Waals surface area contributed by atoms with E-state index in [1.54, 1.807) is 12.1 Å². The Labute approximate surface area is 138 Å². The molecule has 1 N–H and O–H groups in total. The van der Waals surface area contributed by atoms with Crippen LogP contribution in [0, 0.1) is 0 Å². The molecule has 1 saturated heterocycles. The van der Waals surface area contributed by atoms with Crippen molar-refractivity contribution in [2.75, 3.05) is 36.5 Å². The average Bonchev–Trinajstić information content (AvgIpc) is 2.61. The molecule has 0 bridgehead atoms. The Morgan fingerprint density at radius 2 is 2.04 bits per heavy atom. The van der Waals surface area contributed by atoms with Gasteiger partial charge in [-0.15, -0.1) is 0 Å². The largest absolute Gasteiger partial charge is 0.435 e. The number of morpholine rings is 1. The number of benzene rings is 1. The zero-order valence-corrected chi connectivity index (χ0v) is 13.0. The number of ether oxygens (including phenoxy) is 2. The third-order valence-electron chi connectivity index (χ3n) is 3.58. The molecule has 128 valence electrons. The molecule has 24 heavy (non-hydrogen) atoms. The molecule has 2 aromatic rings. The van der Waals surface area contributed by atoms with Gasteiger partial charge in [-0.1, -0.05) is 12.1 Å². The van der Waals surface area contributed by atoms with Gasteiger partial charge in [-0.3, -0.25) is 0 Å². The second-order valence-electron chi connectivity index (χ2n) is 5.24. The van der Waals surface area contributed by atoms with E-state index in [4.69, 9.17) is 4.74 Å². The molecule has 0 radical (unpaired) electrons. The van der Waals surface area contributed by atoms with Gasteiger partial charge < -0.3 is 19.7 Å². The molecular formula is C16H18F2N4O2. The lowest BCUT2D eigenvalue weighted by Crippen LogP contribution is -2.36. The summed E-state index contributed by atoms with van der Waals surface area (Å²) in [5.41, 5.74) is 0.819. The SMILES string of the molecule is FC(F)Oc1cccc(CNc2cc(N3CCOCC3)ncn2)c1. The molecular weight excluding hydrogens is 318 g/mol. The molecule has 1 fully saturated rings. The van der Waals surface area contributed by atoms with E-state index in [0.717, 1.165) is 24.5 Å². The van der Waals surface area contributed by atoms with Gasteiger partial charge >= 0.3 is 6.61 Å². The molecule has 0 spiro atoms. The van der Waals surface area contributed by atoms with Crippen LogP contribution in [0.15, 0.2) is 36.7 Å². The van der Waals surface area contributed by atoms with Gasteiger partial charge in [0.2, 0.25) is 0 Å². The van der Waals surface area contributed by atoms with Crippen LogP contribution in [-0.2, 0) is 11.3 Å². The van der Waals surface area contributed by atoms with E-state index in [1.807, 2.05) is 12.1 Å². The van der Waals surface area contributed by atoms with Crippen molar-refractivity contribution in [3.63, 3.8) is 0 Å². The van der Waals surface area contributed by atoms with Crippen molar-refractivity contribution in [3.8, 4) is 5.75 Å². The number of alkyl halides is 2. The zero-order chi connectivity index (χ0) is 16.8. The van der Waals surface area contributed by atoms with E-state index in [2.05, 4.69) is 24.9 Å². The normalized spacial score (nSPS) is 14.7. The van der Waals surface area contributed by atoms with Gasteiger partial charge in [-0.2, -0.15) is 8.78 Å². The number of aromatic nitrogens is 2. The van der Waals surface area contributed by atoms with Crippen LogP contribution in [0.1, 0.15) is 5.56 Å². The lowest BCUT2D eigenvalue weighted by molar-refractivity contribution is -0.0498. The lowest BCUT2D eigenvalue weighted by atomic mass is 10.2. The quantitative estimate of drug-likeness (QED) is 0.875. The topological polar surface area (TPSA) is 59.5 Å². The number of halogens is 2. The van der Waals surface area contributed by atoms with Gasteiger partial charge in [0.25, 0.3) is 0 Å². The molecule has 8 heteroatoms.